The quantitative estimate of drug-likeness (QED) is 0.143. The van der Waals surface area contributed by atoms with E-state index in [2.05, 4.69) is 6.92 Å². The van der Waals surface area contributed by atoms with Crippen molar-refractivity contribution in [2.75, 3.05) is 33.8 Å². The van der Waals surface area contributed by atoms with Crippen LogP contribution in [0.25, 0.3) is 0 Å². The molecule has 7 heteroatoms. The number of rotatable bonds is 19. The van der Waals surface area contributed by atoms with E-state index in [9.17, 15) is 20.4 Å². The first-order valence-corrected chi connectivity index (χ1v) is 11.4. The molecule has 5 N–H and O–H groups in total. The predicted octanol–water partition coefficient (Wildman–Crippen LogP) is 2.78. The van der Waals surface area contributed by atoms with Crippen LogP contribution in [0.1, 0.15) is 84.0 Å². The summed E-state index contributed by atoms with van der Waals surface area (Å²) in [4.78, 5) is 0. The zero-order valence-corrected chi connectivity index (χ0v) is 20.7. The minimum Gasteiger partial charge on any atom is -0.394 e. The summed E-state index contributed by atoms with van der Waals surface area (Å²) >= 11 is 0. The van der Waals surface area contributed by atoms with Crippen molar-refractivity contribution < 1.29 is 30.0 Å². The van der Waals surface area contributed by atoms with Crippen LogP contribution in [0.5, 0.6) is 0 Å². The van der Waals surface area contributed by atoms with Gasteiger partial charge in [-0.05, 0) is 12.8 Å². The van der Waals surface area contributed by atoms with Crippen molar-refractivity contribution >= 4 is 17.0 Å². The fraction of sp³-hybridized carbons (Fsp3) is 1.00. The predicted molar refractivity (Wildman–Crippen MR) is 124 cm³/mol. The van der Waals surface area contributed by atoms with E-state index in [1.165, 1.54) is 70.6 Å². The van der Waals surface area contributed by atoms with Gasteiger partial charge in [-0.15, -0.1) is 17.0 Å². The van der Waals surface area contributed by atoms with Crippen molar-refractivity contribution in [2.45, 2.75) is 108 Å². The van der Waals surface area contributed by atoms with Crippen LogP contribution in [-0.2, 0) is 0 Å². The van der Waals surface area contributed by atoms with E-state index in [1.54, 1.807) is 0 Å². The van der Waals surface area contributed by atoms with E-state index in [0.29, 0.717) is 4.48 Å². The number of hydrogen-bond donors (Lipinski definition) is 5. The van der Waals surface area contributed by atoms with Crippen molar-refractivity contribution in [3.05, 3.63) is 0 Å². The molecule has 0 heterocycles. The number of likely N-dealkylation sites (N-methyl/N-ethyl adjacent to an activating group) is 1. The van der Waals surface area contributed by atoms with Crippen LogP contribution in [0, 0.1) is 0 Å². The minimum atomic E-state index is -1.55. The zero-order valence-electron chi connectivity index (χ0n) is 19.0. The van der Waals surface area contributed by atoms with Crippen LogP contribution < -0.4 is 0 Å². The molecule has 0 aliphatic rings. The molecule has 0 saturated heterocycles. The summed E-state index contributed by atoms with van der Waals surface area (Å²) in [6.45, 7) is 2.77. The maximum atomic E-state index is 10.1. The topological polar surface area (TPSA) is 101 Å². The number of quaternary nitrogens is 1. The van der Waals surface area contributed by atoms with Gasteiger partial charge in [-0.2, -0.15) is 0 Å². The number of unbranched alkanes of at least 4 members (excludes halogenated alkanes) is 11. The molecule has 0 bridgehead atoms. The Kier molecular flexibility index (Phi) is 20.6. The lowest BCUT2D eigenvalue weighted by atomic mass is 10.0. The highest BCUT2D eigenvalue weighted by Crippen LogP contribution is 2.14. The molecule has 0 aromatic carbocycles. The number of aliphatic hydroxyl groups is 5. The van der Waals surface area contributed by atoms with Gasteiger partial charge in [-0.25, -0.2) is 0 Å². The lowest BCUT2D eigenvalue weighted by Gasteiger charge is -2.34. The molecule has 0 aromatic rings. The summed E-state index contributed by atoms with van der Waals surface area (Å²) in [5.41, 5.74) is 0. The number of hydrogen-bond acceptors (Lipinski definition) is 5. The van der Waals surface area contributed by atoms with Gasteiger partial charge in [-0.3, -0.25) is 0 Å². The fourth-order valence-electron chi connectivity index (χ4n) is 3.65. The molecule has 0 radical (unpaired) electrons. The Hall–Kier alpha value is 0.240. The Balaban J connectivity index is 0. The number of nitrogens with zero attached hydrogens (tertiary/aromatic N) is 1. The summed E-state index contributed by atoms with van der Waals surface area (Å²) in [5.74, 6) is 0. The SMILES string of the molecule is Br.CCCCCCCCCCCCCC[N+](C)(C)CC(O)C(O)C(O)C(O)CO. The average molecular weight is 488 g/mol. The molecule has 6 nitrogen and oxygen atoms in total. The second-order valence-electron chi connectivity index (χ2n) is 9.03. The monoisotopic (exact) mass is 486 g/mol. The molecule has 0 saturated carbocycles. The Morgan fingerprint density at radius 1 is 0.621 bits per heavy atom. The third-order valence-electron chi connectivity index (χ3n) is 5.62. The number of aliphatic hydroxyl groups excluding tert-OH is 5. The molecule has 0 rings (SSSR count). The van der Waals surface area contributed by atoms with Crippen molar-refractivity contribution in [1.29, 1.82) is 0 Å². The first-order valence-electron chi connectivity index (χ1n) is 11.4. The molecule has 4 unspecified atom stereocenters. The molecule has 4 atom stereocenters. The lowest BCUT2D eigenvalue weighted by molar-refractivity contribution is -0.894. The fourth-order valence-corrected chi connectivity index (χ4v) is 3.65. The van der Waals surface area contributed by atoms with Crippen LogP contribution in [-0.4, -0.2) is 88.2 Å². The maximum absolute atomic E-state index is 10.1. The van der Waals surface area contributed by atoms with E-state index in [1.807, 2.05) is 14.1 Å². The second kappa shape index (κ2) is 19.0. The molecule has 0 aliphatic carbocycles. The van der Waals surface area contributed by atoms with Crippen LogP contribution in [0.2, 0.25) is 0 Å². The van der Waals surface area contributed by atoms with E-state index >= 15 is 0 Å². The highest BCUT2D eigenvalue weighted by molar-refractivity contribution is 8.93. The first-order chi connectivity index (χ1) is 13.2. The van der Waals surface area contributed by atoms with Gasteiger partial charge in [-0.1, -0.05) is 71.1 Å². The Labute approximate surface area is 189 Å². The van der Waals surface area contributed by atoms with Crippen molar-refractivity contribution in [2.24, 2.45) is 0 Å². The van der Waals surface area contributed by atoms with Crippen molar-refractivity contribution in [3.8, 4) is 0 Å². The number of halogens is 1. The molecule has 0 aromatic heterocycles. The third kappa shape index (κ3) is 16.6. The standard InChI is InChI=1S/C22H48NO5.BrH/c1-4-5-6-7-8-9-10-11-12-13-14-15-16-23(2,3)17-19(25)21(27)22(28)20(26)18-24;/h19-22,24-28H,4-18H2,1-3H3;1H/q+1;. The Morgan fingerprint density at radius 3 is 1.41 bits per heavy atom. The molecule has 178 valence electrons. The molecule has 0 aliphatic heterocycles. The van der Waals surface area contributed by atoms with Gasteiger partial charge >= 0.3 is 0 Å². The van der Waals surface area contributed by atoms with Gasteiger partial charge in [0.05, 0.1) is 27.2 Å². The summed E-state index contributed by atoms with van der Waals surface area (Å²) in [5, 5.41) is 48.0. The zero-order chi connectivity index (χ0) is 21.4. The van der Waals surface area contributed by atoms with E-state index in [4.69, 9.17) is 5.11 Å². The lowest BCUT2D eigenvalue weighted by Crippen LogP contribution is -2.54. The van der Waals surface area contributed by atoms with Gasteiger partial charge in [0, 0.05) is 0 Å². The molecule has 0 amide bonds. The Bertz CT molecular complexity index is 360. The van der Waals surface area contributed by atoms with Crippen LogP contribution in [0.3, 0.4) is 0 Å². The molecule has 0 fully saturated rings. The summed E-state index contributed by atoms with van der Waals surface area (Å²) in [7, 11) is 3.98. The van der Waals surface area contributed by atoms with Gasteiger partial charge < -0.3 is 30.0 Å². The van der Waals surface area contributed by atoms with E-state index in [0.717, 1.165) is 13.0 Å². The highest BCUT2D eigenvalue weighted by Gasteiger charge is 2.33. The van der Waals surface area contributed by atoms with Crippen LogP contribution in [0.4, 0.5) is 0 Å². The molecule has 29 heavy (non-hydrogen) atoms. The maximum Gasteiger partial charge on any atom is 0.131 e. The van der Waals surface area contributed by atoms with Crippen LogP contribution >= 0.6 is 17.0 Å². The third-order valence-corrected chi connectivity index (χ3v) is 5.62. The van der Waals surface area contributed by atoms with E-state index in [-0.39, 0.29) is 23.5 Å². The van der Waals surface area contributed by atoms with Gasteiger partial charge in [0.2, 0.25) is 0 Å². The normalized spacial score (nSPS) is 16.1. The van der Waals surface area contributed by atoms with Gasteiger partial charge in [0.1, 0.15) is 31.0 Å². The Morgan fingerprint density at radius 2 is 1.00 bits per heavy atom. The first kappa shape index (κ1) is 31.4. The molecular formula is C22H49BrNO5+. The minimum absolute atomic E-state index is 0. The average Bonchev–Trinajstić information content (AvgIpc) is 2.66. The summed E-state index contributed by atoms with van der Waals surface area (Å²) in [6, 6.07) is 0. The molecule has 0 spiro atoms. The van der Waals surface area contributed by atoms with Crippen molar-refractivity contribution in [1.82, 2.24) is 0 Å². The van der Waals surface area contributed by atoms with Gasteiger partial charge in [0.25, 0.3) is 0 Å². The smallest absolute Gasteiger partial charge is 0.131 e. The highest BCUT2D eigenvalue weighted by atomic mass is 79.9. The second-order valence-corrected chi connectivity index (χ2v) is 9.03. The van der Waals surface area contributed by atoms with E-state index < -0.39 is 31.0 Å². The summed E-state index contributed by atoms with van der Waals surface area (Å²) < 4.78 is 0.540. The molecular weight excluding hydrogens is 438 g/mol. The largest absolute Gasteiger partial charge is 0.394 e. The summed E-state index contributed by atoms with van der Waals surface area (Å²) in [6.07, 6.45) is 10.0. The van der Waals surface area contributed by atoms with Crippen molar-refractivity contribution in [3.63, 3.8) is 0 Å². The van der Waals surface area contributed by atoms with Gasteiger partial charge in [0.15, 0.2) is 0 Å². The van der Waals surface area contributed by atoms with Crippen LogP contribution in [0.15, 0.2) is 0 Å².